The zero-order valence-corrected chi connectivity index (χ0v) is 22.5. The molecule has 0 N–H and O–H groups in total. The van der Waals surface area contributed by atoms with Crippen LogP contribution in [0.5, 0.6) is 11.5 Å². The maximum absolute atomic E-state index is 12.7. The predicted octanol–water partition coefficient (Wildman–Crippen LogP) is 5.15. The number of hydrogen-bond acceptors (Lipinski definition) is 9. The fourth-order valence-electron chi connectivity index (χ4n) is 2.99. The van der Waals surface area contributed by atoms with Crippen LogP contribution in [-0.4, -0.2) is 49.7 Å². The Morgan fingerprint density at radius 1 is 1.14 bits per heavy atom. The van der Waals surface area contributed by atoms with Crippen LogP contribution in [0.25, 0.3) is 6.08 Å². The van der Waals surface area contributed by atoms with Gasteiger partial charge >= 0.3 is 16.1 Å². The van der Waals surface area contributed by atoms with Crippen LogP contribution >= 0.6 is 35.0 Å². The molecule has 2 amide bonds. The summed E-state index contributed by atoms with van der Waals surface area (Å²) in [4.78, 5) is 37.6. The molecular formula is C23H21Cl2NO8S2. The fraction of sp³-hybridized carbons (Fsp3) is 0.261. The second-order valence-corrected chi connectivity index (χ2v) is 10.9. The topological polar surface area (TPSA) is 116 Å². The number of thioether (sulfide) groups is 1. The van der Waals surface area contributed by atoms with Crippen molar-refractivity contribution in [2.75, 3.05) is 13.2 Å². The number of halogens is 2. The van der Waals surface area contributed by atoms with E-state index in [1.165, 1.54) is 42.5 Å². The first-order valence-electron chi connectivity index (χ1n) is 10.5. The van der Waals surface area contributed by atoms with E-state index in [4.69, 9.17) is 36.9 Å². The highest BCUT2D eigenvalue weighted by atomic mass is 35.5. The van der Waals surface area contributed by atoms with Crippen LogP contribution in [0.3, 0.4) is 0 Å². The maximum Gasteiger partial charge on any atom is 0.339 e. The van der Waals surface area contributed by atoms with E-state index in [1.54, 1.807) is 20.8 Å². The Morgan fingerprint density at radius 3 is 2.42 bits per heavy atom. The molecule has 0 aromatic heterocycles. The minimum absolute atomic E-state index is 0.00790. The van der Waals surface area contributed by atoms with Gasteiger partial charge in [0.05, 0.1) is 22.6 Å². The number of benzene rings is 2. The number of carbonyl (C=O) groups excluding carboxylic acids is 3. The first kappa shape index (κ1) is 27.9. The molecule has 0 unspecified atom stereocenters. The van der Waals surface area contributed by atoms with E-state index in [0.717, 1.165) is 4.90 Å². The SMILES string of the molecule is CCOc1cc(/C=C2\SC(=O)N(CC(=O)OC(C)C)C2=O)cc(Cl)c1OS(=O)(=O)c1ccc(Cl)cc1. The Kier molecular flexibility index (Phi) is 8.93. The normalized spacial score (nSPS) is 15.1. The van der Waals surface area contributed by atoms with Crippen molar-refractivity contribution >= 4 is 68.3 Å². The van der Waals surface area contributed by atoms with Crippen LogP contribution in [0, 0.1) is 0 Å². The second-order valence-electron chi connectivity index (χ2n) is 7.56. The molecule has 2 aromatic carbocycles. The molecule has 1 saturated heterocycles. The number of imide groups is 1. The van der Waals surface area contributed by atoms with Crippen molar-refractivity contribution in [3.05, 3.63) is 56.9 Å². The van der Waals surface area contributed by atoms with E-state index in [-0.39, 0.29) is 32.9 Å². The summed E-state index contributed by atoms with van der Waals surface area (Å²) in [6, 6.07) is 8.16. The summed E-state index contributed by atoms with van der Waals surface area (Å²) in [5.74, 6) is -1.62. The molecule has 1 fully saturated rings. The number of nitrogens with zero attached hydrogens (tertiary/aromatic N) is 1. The van der Waals surface area contributed by atoms with Gasteiger partial charge in [0.1, 0.15) is 11.4 Å². The van der Waals surface area contributed by atoms with Crippen molar-refractivity contribution in [3.8, 4) is 11.5 Å². The molecule has 0 aliphatic carbocycles. The van der Waals surface area contributed by atoms with Gasteiger partial charge in [-0.25, -0.2) is 0 Å². The molecule has 2 aromatic rings. The largest absolute Gasteiger partial charge is 0.490 e. The second kappa shape index (κ2) is 11.5. The Balaban J connectivity index is 1.89. The minimum atomic E-state index is -4.26. The first-order chi connectivity index (χ1) is 16.9. The quantitative estimate of drug-likeness (QED) is 0.228. The Labute approximate surface area is 222 Å². The van der Waals surface area contributed by atoms with Crippen molar-refractivity contribution in [3.63, 3.8) is 0 Å². The summed E-state index contributed by atoms with van der Waals surface area (Å²) in [5.41, 5.74) is 0.343. The van der Waals surface area contributed by atoms with E-state index in [2.05, 4.69) is 0 Å². The molecule has 1 aliphatic rings. The zero-order valence-electron chi connectivity index (χ0n) is 19.3. The summed E-state index contributed by atoms with van der Waals surface area (Å²) in [7, 11) is -4.26. The van der Waals surface area contributed by atoms with Gasteiger partial charge in [-0.05, 0) is 80.6 Å². The lowest BCUT2D eigenvalue weighted by molar-refractivity contribution is -0.149. The molecule has 192 valence electrons. The van der Waals surface area contributed by atoms with E-state index >= 15 is 0 Å². The van der Waals surface area contributed by atoms with Gasteiger partial charge in [-0.3, -0.25) is 19.3 Å². The number of hydrogen-bond donors (Lipinski definition) is 0. The van der Waals surface area contributed by atoms with Crippen molar-refractivity contribution in [1.29, 1.82) is 0 Å². The lowest BCUT2D eigenvalue weighted by Crippen LogP contribution is -2.35. The van der Waals surface area contributed by atoms with Gasteiger partial charge in [-0.15, -0.1) is 0 Å². The van der Waals surface area contributed by atoms with Crippen LogP contribution in [-0.2, 0) is 24.4 Å². The van der Waals surface area contributed by atoms with Crippen LogP contribution in [0.2, 0.25) is 10.0 Å². The third-order valence-corrected chi connectivity index (χ3v) is 7.13. The molecule has 1 aliphatic heterocycles. The molecule has 0 radical (unpaired) electrons. The van der Waals surface area contributed by atoms with Crippen molar-refractivity contribution in [2.24, 2.45) is 0 Å². The van der Waals surface area contributed by atoms with Crippen LogP contribution in [0.1, 0.15) is 26.3 Å². The molecule has 13 heteroatoms. The van der Waals surface area contributed by atoms with Crippen molar-refractivity contribution in [1.82, 2.24) is 4.90 Å². The highest BCUT2D eigenvalue weighted by Gasteiger charge is 2.37. The van der Waals surface area contributed by atoms with Crippen molar-refractivity contribution in [2.45, 2.75) is 31.8 Å². The molecule has 0 atom stereocenters. The number of rotatable bonds is 9. The Hall–Kier alpha value is -2.73. The van der Waals surface area contributed by atoms with Gasteiger partial charge in [0.25, 0.3) is 11.1 Å². The van der Waals surface area contributed by atoms with Crippen LogP contribution in [0.15, 0.2) is 46.2 Å². The molecule has 36 heavy (non-hydrogen) atoms. The highest BCUT2D eigenvalue weighted by molar-refractivity contribution is 8.18. The summed E-state index contributed by atoms with van der Waals surface area (Å²) in [6.07, 6.45) is 0.987. The molecule has 1 heterocycles. The monoisotopic (exact) mass is 573 g/mol. The van der Waals surface area contributed by atoms with Gasteiger partial charge < -0.3 is 13.7 Å². The standard InChI is InChI=1S/C23H21Cl2NO8S2/c1-4-32-18-10-14(11-19-22(28)26(23(29)35-19)12-20(27)33-13(2)3)9-17(25)21(18)34-36(30,31)16-7-5-15(24)6-8-16/h5-11,13H,4,12H2,1-3H3/b19-11-. The Bertz CT molecular complexity index is 1320. The maximum atomic E-state index is 12.7. The summed E-state index contributed by atoms with van der Waals surface area (Å²) in [5, 5.41) is -0.380. The fourth-order valence-corrected chi connectivity index (χ4v) is 5.22. The number of esters is 1. The van der Waals surface area contributed by atoms with Crippen LogP contribution in [0.4, 0.5) is 4.79 Å². The number of ether oxygens (including phenoxy) is 2. The van der Waals surface area contributed by atoms with Gasteiger partial charge in [0.15, 0.2) is 5.75 Å². The molecule has 3 rings (SSSR count). The van der Waals surface area contributed by atoms with Gasteiger partial charge in [-0.1, -0.05) is 23.2 Å². The third-order valence-electron chi connectivity index (χ3n) is 4.45. The molecule has 0 bridgehead atoms. The van der Waals surface area contributed by atoms with Gasteiger partial charge in [0.2, 0.25) is 5.75 Å². The van der Waals surface area contributed by atoms with Crippen molar-refractivity contribution < 1.29 is 36.5 Å². The zero-order chi connectivity index (χ0) is 26.6. The van der Waals surface area contributed by atoms with E-state index in [1.807, 2.05) is 0 Å². The molecular weight excluding hydrogens is 553 g/mol. The average molecular weight is 574 g/mol. The van der Waals surface area contributed by atoms with E-state index in [9.17, 15) is 22.8 Å². The van der Waals surface area contributed by atoms with E-state index < -0.39 is 39.9 Å². The number of carbonyl (C=O) groups is 3. The lowest BCUT2D eigenvalue weighted by atomic mass is 10.2. The van der Waals surface area contributed by atoms with E-state index in [0.29, 0.717) is 22.3 Å². The molecule has 0 saturated carbocycles. The molecule has 0 spiro atoms. The summed E-state index contributed by atoms with van der Waals surface area (Å²) in [6.45, 7) is 4.63. The third kappa shape index (κ3) is 6.73. The summed E-state index contributed by atoms with van der Waals surface area (Å²) < 4.78 is 41.3. The minimum Gasteiger partial charge on any atom is -0.490 e. The van der Waals surface area contributed by atoms with Gasteiger partial charge in [0, 0.05) is 5.02 Å². The predicted molar refractivity (Wildman–Crippen MR) is 136 cm³/mol. The van der Waals surface area contributed by atoms with Crippen LogP contribution < -0.4 is 8.92 Å². The summed E-state index contributed by atoms with van der Waals surface area (Å²) >= 11 is 12.8. The molecule has 9 nitrogen and oxygen atoms in total. The smallest absolute Gasteiger partial charge is 0.339 e. The number of amides is 2. The highest BCUT2D eigenvalue weighted by Crippen LogP contribution is 2.40. The lowest BCUT2D eigenvalue weighted by Gasteiger charge is -2.14. The Morgan fingerprint density at radius 2 is 1.81 bits per heavy atom. The average Bonchev–Trinajstić information content (AvgIpc) is 3.03. The first-order valence-corrected chi connectivity index (χ1v) is 13.5. The van der Waals surface area contributed by atoms with Gasteiger partial charge in [-0.2, -0.15) is 8.42 Å².